The molecule has 3 aromatic heterocycles. The Bertz CT molecular complexity index is 1890. The third-order valence-electron chi connectivity index (χ3n) is 8.25. The molecule has 0 radical (unpaired) electrons. The number of rotatable bonds is 6. The van der Waals surface area contributed by atoms with Crippen molar-refractivity contribution in [2.45, 2.75) is 39.7 Å². The Labute approximate surface area is 251 Å². The predicted octanol–water partition coefficient (Wildman–Crippen LogP) is 0.281. The number of nitrogens with two attached hydrogens (primary N) is 1. The van der Waals surface area contributed by atoms with Gasteiger partial charge in [-0.3, -0.25) is 19.2 Å². The topological polar surface area (TPSA) is 185 Å². The van der Waals surface area contributed by atoms with E-state index in [9.17, 15) is 24.3 Å². The number of nitrogens with zero attached hydrogens (tertiary/aromatic N) is 9. The van der Waals surface area contributed by atoms with Crippen LogP contribution < -0.4 is 21.1 Å². The molecule has 1 fully saturated rings. The molecule has 0 saturated carbocycles. The van der Waals surface area contributed by atoms with E-state index in [0.29, 0.717) is 60.8 Å². The molecule has 3 N–H and O–H groups in total. The summed E-state index contributed by atoms with van der Waals surface area (Å²) >= 11 is 0. The predicted molar refractivity (Wildman–Crippen MR) is 160 cm³/mol. The average molecular weight is 601 g/mol. The number of piperazine rings is 1. The van der Waals surface area contributed by atoms with E-state index in [1.54, 1.807) is 34.4 Å². The van der Waals surface area contributed by atoms with Gasteiger partial charge in [0.2, 0.25) is 17.6 Å². The Kier molecular flexibility index (Phi) is 7.23. The molecule has 44 heavy (non-hydrogen) atoms. The first-order chi connectivity index (χ1) is 21.1. The molecule has 0 spiro atoms. The number of aromatic hydroxyl groups is 1. The standard InChI is InChI=1S/C29H32N10O5/c1-4-19-24(36-9-11-37(12-10-36)27(43)23-25(42)16(2)31-15-32-23)28(44)39-29(38(19)14-21(30)40)33-26(34-39)18-5-7-20-17(13-18)6-8-22(41)35(20)3/h5,7,13,15,42H,4,6,8-12,14H2,1-3H3,(H2,30,40). The van der Waals surface area contributed by atoms with Crippen LogP contribution in [0.2, 0.25) is 0 Å². The summed E-state index contributed by atoms with van der Waals surface area (Å²) in [4.78, 5) is 69.1. The highest BCUT2D eigenvalue weighted by Gasteiger charge is 2.30. The molecular formula is C29H32N10O5. The van der Waals surface area contributed by atoms with E-state index in [-0.39, 0.29) is 42.8 Å². The van der Waals surface area contributed by atoms with Gasteiger partial charge in [-0.2, -0.15) is 9.50 Å². The summed E-state index contributed by atoms with van der Waals surface area (Å²) in [5.74, 6) is -0.736. The first-order valence-electron chi connectivity index (χ1n) is 14.3. The summed E-state index contributed by atoms with van der Waals surface area (Å²) in [6.07, 6.45) is 2.63. The fraction of sp³-hybridized carbons (Fsp3) is 0.379. The van der Waals surface area contributed by atoms with Crippen LogP contribution >= 0.6 is 0 Å². The van der Waals surface area contributed by atoms with E-state index >= 15 is 0 Å². The SMILES string of the molecule is CCc1c(N2CCN(C(=O)c3ncnc(C)c3O)CC2)c(=O)n2nc(-c3ccc4c(c3)CCC(=O)N4C)nc2n1CC(N)=O. The number of fused-ring (bicyclic) bond motifs is 2. The summed E-state index contributed by atoms with van der Waals surface area (Å²) in [6.45, 7) is 4.44. The fourth-order valence-electron chi connectivity index (χ4n) is 5.91. The van der Waals surface area contributed by atoms with Gasteiger partial charge < -0.3 is 30.1 Å². The van der Waals surface area contributed by atoms with Gasteiger partial charge >= 0.3 is 0 Å². The molecule has 6 rings (SSSR count). The number of primary amides is 1. The van der Waals surface area contributed by atoms with E-state index in [1.807, 2.05) is 24.0 Å². The second-order valence-corrected chi connectivity index (χ2v) is 10.9. The fourth-order valence-corrected chi connectivity index (χ4v) is 5.91. The normalized spacial score (nSPS) is 15.2. The molecule has 5 heterocycles. The lowest BCUT2D eigenvalue weighted by Gasteiger charge is -2.36. The molecule has 1 saturated heterocycles. The third-order valence-corrected chi connectivity index (χ3v) is 8.25. The number of hydrogen-bond donors (Lipinski definition) is 2. The van der Waals surface area contributed by atoms with Gasteiger partial charge in [0.25, 0.3) is 11.5 Å². The smallest absolute Gasteiger partial charge is 0.299 e. The lowest BCUT2D eigenvalue weighted by atomic mass is 9.99. The average Bonchev–Trinajstić information content (AvgIpc) is 3.47. The first kappa shape index (κ1) is 28.8. The van der Waals surface area contributed by atoms with Gasteiger partial charge in [0, 0.05) is 50.9 Å². The Morgan fingerprint density at radius 3 is 2.52 bits per heavy atom. The monoisotopic (exact) mass is 600 g/mol. The van der Waals surface area contributed by atoms with Crippen LogP contribution in [0.5, 0.6) is 5.75 Å². The van der Waals surface area contributed by atoms with Crippen LogP contribution in [0.4, 0.5) is 11.4 Å². The number of benzene rings is 1. The second-order valence-electron chi connectivity index (χ2n) is 10.9. The molecule has 2 aliphatic rings. The number of carbonyl (C=O) groups excluding carboxylic acids is 3. The van der Waals surface area contributed by atoms with E-state index < -0.39 is 17.4 Å². The van der Waals surface area contributed by atoms with Crippen LogP contribution in [-0.2, 0) is 29.0 Å². The van der Waals surface area contributed by atoms with Gasteiger partial charge in [-0.05, 0) is 43.5 Å². The van der Waals surface area contributed by atoms with Crippen LogP contribution in [-0.4, -0.2) is 90.1 Å². The zero-order valence-corrected chi connectivity index (χ0v) is 24.6. The van der Waals surface area contributed by atoms with Crippen molar-refractivity contribution in [2.24, 2.45) is 5.73 Å². The molecule has 15 heteroatoms. The summed E-state index contributed by atoms with van der Waals surface area (Å²) in [7, 11) is 1.74. The minimum absolute atomic E-state index is 0.0479. The lowest BCUT2D eigenvalue weighted by molar-refractivity contribution is -0.119. The largest absolute Gasteiger partial charge is 0.504 e. The Morgan fingerprint density at radius 1 is 1.07 bits per heavy atom. The number of amides is 3. The summed E-state index contributed by atoms with van der Waals surface area (Å²) in [6, 6.07) is 5.57. The van der Waals surface area contributed by atoms with Crippen molar-refractivity contribution in [3.8, 4) is 17.1 Å². The highest BCUT2D eigenvalue weighted by Crippen LogP contribution is 2.31. The minimum Gasteiger partial charge on any atom is -0.504 e. The lowest BCUT2D eigenvalue weighted by Crippen LogP contribution is -2.51. The molecule has 2 aliphatic heterocycles. The van der Waals surface area contributed by atoms with Crippen LogP contribution in [0.15, 0.2) is 29.3 Å². The number of anilines is 2. The third kappa shape index (κ3) is 4.79. The van der Waals surface area contributed by atoms with Crippen molar-refractivity contribution < 1.29 is 19.5 Å². The van der Waals surface area contributed by atoms with Crippen molar-refractivity contribution in [3.63, 3.8) is 0 Å². The van der Waals surface area contributed by atoms with Gasteiger partial charge in [0.15, 0.2) is 17.3 Å². The van der Waals surface area contributed by atoms with Crippen molar-refractivity contribution in [3.05, 3.63) is 57.5 Å². The van der Waals surface area contributed by atoms with Crippen molar-refractivity contribution in [1.82, 2.24) is 34.0 Å². The molecule has 1 aromatic carbocycles. The molecule has 0 atom stereocenters. The van der Waals surface area contributed by atoms with Gasteiger partial charge in [-0.15, -0.1) is 5.10 Å². The van der Waals surface area contributed by atoms with Gasteiger partial charge in [-0.25, -0.2) is 9.97 Å². The number of aryl methyl sites for hydroxylation is 2. The molecular weight excluding hydrogens is 568 g/mol. The van der Waals surface area contributed by atoms with Crippen LogP contribution in [0.25, 0.3) is 17.2 Å². The summed E-state index contributed by atoms with van der Waals surface area (Å²) in [5.41, 5.74) is 8.89. The molecule has 228 valence electrons. The zero-order valence-electron chi connectivity index (χ0n) is 24.6. The summed E-state index contributed by atoms with van der Waals surface area (Å²) in [5, 5.41) is 14.9. The van der Waals surface area contributed by atoms with Gasteiger partial charge in [-0.1, -0.05) is 6.92 Å². The number of hydrogen-bond acceptors (Lipinski definition) is 10. The van der Waals surface area contributed by atoms with Crippen molar-refractivity contribution in [2.75, 3.05) is 43.0 Å². The van der Waals surface area contributed by atoms with Gasteiger partial charge in [0.05, 0.1) is 11.4 Å². The van der Waals surface area contributed by atoms with Crippen LogP contribution in [0.1, 0.15) is 40.8 Å². The highest BCUT2D eigenvalue weighted by molar-refractivity contribution is 5.96. The Hall–Kier alpha value is -5.34. The zero-order chi connectivity index (χ0) is 31.3. The Balaban J connectivity index is 1.37. The van der Waals surface area contributed by atoms with Crippen molar-refractivity contribution >= 4 is 34.9 Å². The van der Waals surface area contributed by atoms with Crippen LogP contribution in [0.3, 0.4) is 0 Å². The molecule has 0 aliphatic carbocycles. The maximum Gasteiger partial charge on any atom is 0.299 e. The maximum atomic E-state index is 14.0. The Morgan fingerprint density at radius 2 is 1.82 bits per heavy atom. The highest BCUT2D eigenvalue weighted by atomic mass is 16.3. The molecule has 15 nitrogen and oxygen atoms in total. The molecule has 3 amide bonds. The number of carbonyl (C=O) groups is 3. The van der Waals surface area contributed by atoms with Crippen molar-refractivity contribution in [1.29, 1.82) is 0 Å². The molecule has 0 unspecified atom stereocenters. The first-order valence-corrected chi connectivity index (χ1v) is 14.3. The number of aromatic nitrogens is 6. The second kappa shape index (κ2) is 11.1. The summed E-state index contributed by atoms with van der Waals surface area (Å²) < 4.78 is 2.82. The van der Waals surface area contributed by atoms with E-state index in [4.69, 9.17) is 5.73 Å². The van der Waals surface area contributed by atoms with Gasteiger partial charge in [0.1, 0.15) is 18.6 Å². The van der Waals surface area contributed by atoms with Crippen LogP contribution in [0, 0.1) is 6.92 Å². The van der Waals surface area contributed by atoms with E-state index in [2.05, 4.69) is 20.1 Å². The van der Waals surface area contributed by atoms with E-state index in [0.717, 1.165) is 11.3 Å². The quantitative estimate of drug-likeness (QED) is 0.311. The minimum atomic E-state index is -0.599. The van der Waals surface area contributed by atoms with E-state index in [1.165, 1.54) is 10.8 Å². The molecule has 0 bridgehead atoms. The molecule has 4 aromatic rings. The maximum absolute atomic E-state index is 14.0.